The molecule has 0 aromatic heterocycles. The Morgan fingerprint density at radius 3 is 2.24 bits per heavy atom. The van der Waals surface area contributed by atoms with Gasteiger partial charge < -0.3 is 16.0 Å². The molecule has 3 amide bonds. The Morgan fingerprint density at radius 2 is 1.45 bits per heavy atom. The lowest BCUT2D eigenvalue weighted by atomic mass is 10.1. The van der Waals surface area contributed by atoms with Crippen LogP contribution in [0.25, 0.3) is 0 Å². The second-order valence-corrected chi connectivity index (χ2v) is 8.54. The Labute approximate surface area is 166 Å². The number of benzene rings is 2. The molecular weight excluding hydrogens is 396 g/mol. The van der Waals surface area contributed by atoms with E-state index in [9.17, 15) is 22.8 Å². The fraction of sp³-hybridized carbons (Fsp3) is 0.211. The summed E-state index contributed by atoms with van der Waals surface area (Å²) in [5.74, 6) is -1.04. The molecule has 2 aromatic rings. The van der Waals surface area contributed by atoms with Gasteiger partial charge in [-0.3, -0.25) is 19.1 Å². The smallest absolute Gasteiger partial charge is 0.261 e. The number of rotatable bonds is 3. The van der Waals surface area contributed by atoms with E-state index < -0.39 is 21.8 Å². The van der Waals surface area contributed by atoms with E-state index in [2.05, 4.69) is 20.7 Å². The molecule has 0 radical (unpaired) electrons. The summed E-state index contributed by atoms with van der Waals surface area (Å²) >= 11 is 0. The maximum atomic E-state index is 12.8. The molecule has 0 saturated carbocycles. The summed E-state index contributed by atoms with van der Waals surface area (Å²) in [4.78, 5) is 34.9. The predicted molar refractivity (Wildman–Crippen MR) is 107 cm³/mol. The molecule has 4 N–H and O–H groups in total. The quantitative estimate of drug-likeness (QED) is 0.571. The minimum atomic E-state index is -3.94. The summed E-state index contributed by atoms with van der Waals surface area (Å²) in [5.41, 5.74) is 2.45. The van der Waals surface area contributed by atoms with Gasteiger partial charge in [0.2, 0.25) is 17.7 Å². The Kier molecular flexibility index (Phi) is 4.71. The summed E-state index contributed by atoms with van der Waals surface area (Å²) in [6.45, 7) is 0. The zero-order valence-corrected chi connectivity index (χ0v) is 16.1. The average molecular weight is 414 g/mol. The molecule has 0 aliphatic carbocycles. The summed E-state index contributed by atoms with van der Waals surface area (Å²) in [6, 6.07) is 9.02. The van der Waals surface area contributed by atoms with E-state index in [1.165, 1.54) is 18.2 Å². The number of hydrogen-bond acceptors (Lipinski definition) is 5. The van der Waals surface area contributed by atoms with Crippen molar-refractivity contribution >= 4 is 50.5 Å². The number of amides is 3. The van der Waals surface area contributed by atoms with Crippen molar-refractivity contribution in [3.8, 4) is 0 Å². The van der Waals surface area contributed by atoms with Gasteiger partial charge in [0, 0.05) is 17.8 Å². The molecule has 0 unspecified atom stereocenters. The SMILES string of the molecule is O=C1CCCc2cc(NS(=O)(=O)c3ccc4c(c3)NC(=O)CC(=O)N4)ccc2N1. The maximum Gasteiger partial charge on any atom is 0.261 e. The van der Waals surface area contributed by atoms with Crippen LogP contribution in [0.2, 0.25) is 0 Å². The molecule has 0 atom stereocenters. The normalized spacial score (nSPS) is 16.3. The van der Waals surface area contributed by atoms with Crippen molar-refractivity contribution in [1.29, 1.82) is 0 Å². The van der Waals surface area contributed by atoms with Crippen LogP contribution in [0.5, 0.6) is 0 Å². The van der Waals surface area contributed by atoms with Gasteiger partial charge >= 0.3 is 0 Å². The lowest BCUT2D eigenvalue weighted by molar-refractivity contribution is -0.123. The fourth-order valence-corrected chi connectivity index (χ4v) is 4.37. The fourth-order valence-electron chi connectivity index (χ4n) is 3.29. The van der Waals surface area contributed by atoms with Crippen molar-refractivity contribution in [3.05, 3.63) is 42.0 Å². The van der Waals surface area contributed by atoms with Crippen molar-refractivity contribution in [1.82, 2.24) is 0 Å². The second-order valence-electron chi connectivity index (χ2n) is 6.86. The van der Waals surface area contributed by atoms with Crippen LogP contribution >= 0.6 is 0 Å². The third-order valence-corrected chi connectivity index (χ3v) is 6.03. The monoisotopic (exact) mass is 414 g/mol. The zero-order chi connectivity index (χ0) is 20.6. The Balaban J connectivity index is 1.61. The highest BCUT2D eigenvalue weighted by atomic mass is 32.2. The van der Waals surface area contributed by atoms with Gasteiger partial charge in [0.15, 0.2) is 0 Å². The molecule has 4 rings (SSSR count). The molecule has 150 valence electrons. The van der Waals surface area contributed by atoms with Crippen LogP contribution < -0.4 is 20.7 Å². The summed E-state index contributed by atoms with van der Waals surface area (Å²) in [6.07, 6.45) is 1.44. The van der Waals surface area contributed by atoms with Gasteiger partial charge in [-0.05, 0) is 54.8 Å². The Hall–Kier alpha value is -3.40. The van der Waals surface area contributed by atoms with Gasteiger partial charge in [0.25, 0.3) is 10.0 Å². The van der Waals surface area contributed by atoms with Gasteiger partial charge in [-0.15, -0.1) is 0 Å². The molecule has 0 saturated heterocycles. The number of carbonyl (C=O) groups is 3. The summed E-state index contributed by atoms with van der Waals surface area (Å²) in [5, 5.41) is 7.88. The summed E-state index contributed by atoms with van der Waals surface area (Å²) < 4.78 is 28.2. The number of hydrogen-bond donors (Lipinski definition) is 4. The number of nitrogens with one attached hydrogen (secondary N) is 4. The highest BCUT2D eigenvalue weighted by Gasteiger charge is 2.22. The number of aryl methyl sites for hydroxylation is 1. The Morgan fingerprint density at radius 1 is 0.759 bits per heavy atom. The van der Waals surface area contributed by atoms with Crippen LogP contribution in [-0.4, -0.2) is 26.1 Å². The minimum absolute atomic E-state index is 0.0591. The van der Waals surface area contributed by atoms with E-state index in [-0.39, 0.29) is 22.9 Å². The number of carbonyl (C=O) groups excluding carboxylic acids is 3. The molecule has 10 heteroatoms. The Bertz CT molecular complexity index is 1140. The highest BCUT2D eigenvalue weighted by molar-refractivity contribution is 7.92. The van der Waals surface area contributed by atoms with Crippen molar-refractivity contribution in [2.75, 3.05) is 20.7 Å². The van der Waals surface area contributed by atoms with E-state index >= 15 is 0 Å². The predicted octanol–water partition coefficient (Wildman–Crippen LogP) is 2.04. The molecule has 0 bridgehead atoms. The van der Waals surface area contributed by atoms with E-state index in [1.54, 1.807) is 18.2 Å². The standard InChI is InChI=1S/C19H18N4O5S/c24-17-3-1-2-11-8-12(4-6-14(11)20-17)23-29(27,28)13-5-7-15-16(9-13)22-19(26)10-18(25)21-15/h4-9,23H,1-3,10H2,(H,20,24)(H,21,25)(H,22,26). The first-order valence-electron chi connectivity index (χ1n) is 8.99. The third kappa shape index (κ3) is 4.06. The molecule has 2 aliphatic rings. The summed E-state index contributed by atoms with van der Waals surface area (Å²) in [7, 11) is -3.94. The lowest BCUT2D eigenvalue weighted by Crippen LogP contribution is -2.16. The number of sulfonamides is 1. The molecule has 2 aromatic carbocycles. The van der Waals surface area contributed by atoms with E-state index in [0.717, 1.165) is 5.56 Å². The van der Waals surface area contributed by atoms with Crippen molar-refractivity contribution in [2.45, 2.75) is 30.6 Å². The molecular formula is C19H18N4O5S. The van der Waals surface area contributed by atoms with Crippen LogP contribution in [0.3, 0.4) is 0 Å². The maximum absolute atomic E-state index is 12.8. The second kappa shape index (κ2) is 7.21. The van der Waals surface area contributed by atoms with Crippen LogP contribution in [0, 0.1) is 0 Å². The van der Waals surface area contributed by atoms with Gasteiger partial charge in [0.1, 0.15) is 6.42 Å². The number of fused-ring (bicyclic) bond motifs is 2. The minimum Gasteiger partial charge on any atom is -0.326 e. The topological polar surface area (TPSA) is 133 Å². The lowest BCUT2D eigenvalue weighted by Gasteiger charge is -2.13. The van der Waals surface area contributed by atoms with Gasteiger partial charge in [-0.25, -0.2) is 8.42 Å². The molecule has 9 nitrogen and oxygen atoms in total. The molecule has 0 fully saturated rings. The first kappa shape index (κ1) is 18.9. The van der Waals surface area contributed by atoms with Gasteiger partial charge in [0.05, 0.1) is 16.3 Å². The number of anilines is 4. The van der Waals surface area contributed by atoms with Crippen molar-refractivity contribution < 1.29 is 22.8 Å². The first-order valence-corrected chi connectivity index (χ1v) is 10.5. The highest BCUT2D eigenvalue weighted by Crippen LogP contribution is 2.30. The van der Waals surface area contributed by atoms with Crippen LogP contribution in [-0.2, 0) is 30.8 Å². The molecule has 0 spiro atoms. The zero-order valence-electron chi connectivity index (χ0n) is 15.2. The third-order valence-electron chi connectivity index (χ3n) is 4.65. The first-order chi connectivity index (χ1) is 13.8. The average Bonchev–Trinajstić information content (AvgIpc) is 2.91. The van der Waals surface area contributed by atoms with E-state index in [4.69, 9.17) is 0 Å². The molecule has 2 aliphatic heterocycles. The van der Waals surface area contributed by atoms with Crippen LogP contribution in [0.4, 0.5) is 22.7 Å². The van der Waals surface area contributed by atoms with E-state index in [1.807, 2.05) is 0 Å². The van der Waals surface area contributed by atoms with Crippen molar-refractivity contribution in [3.63, 3.8) is 0 Å². The van der Waals surface area contributed by atoms with Crippen molar-refractivity contribution in [2.24, 2.45) is 0 Å². The molecule has 2 heterocycles. The van der Waals surface area contributed by atoms with Crippen LogP contribution in [0.15, 0.2) is 41.3 Å². The van der Waals surface area contributed by atoms with Crippen LogP contribution in [0.1, 0.15) is 24.8 Å². The van der Waals surface area contributed by atoms with Gasteiger partial charge in [-0.1, -0.05) is 0 Å². The van der Waals surface area contributed by atoms with E-state index in [0.29, 0.717) is 36.3 Å². The largest absolute Gasteiger partial charge is 0.326 e. The molecule has 29 heavy (non-hydrogen) atoms. The van der Waals surface area contributed by atoms with Gasteiger partial charge in [-0.2, -0.15) is 0 Å².